The van der Waals surface area contributed by atoms with Gasteiger partial charge in [0, 0.05) is 17.8 Å². The van der Waals surface area contributed by atoms with Gasteiger partial charge in [-0.3, -0.25) is 4.72 Å². The molecule has 3 heterocycles. The number of nitrogen functional groups attached to an aromatic ring is 1. The summed E-state index contributed by atoms with van der Waals surface area (Å²) < 4.78 is 50.2. The van der Waals surface area contributed by atoms with Gasteiger partial charge in [-0.1, -0.05) is 25.0 Å². The predicted octanol–water partition coefficient (Wildman–Crippen LogP) is 4.27. The molecule has 0 atom stereocenters. The number of nitrogens with zero attached hydrogens (tertiary/aromatic N) is 5. The van der Waals surface area contributed by atoms with E-state index in [2.05, 4.69) is 34.2 Å². The Morgan fingerprint density at radius 2 is 1.94 bits per heavy atom. The van der Waals surface area contributed by atoms with Crippen molar-refractivity contribution in [3.8, 4) is 11.1 Å². The summed E-state index contributed by atoms with van der Waals surface area (Å²) >= 11 is 0. The van der Waals surface area contributed by atoms with Crippen molar-refractivity contribution >= 4 is 43.6 Å². The van der Waals surface area contributed by atoms with Crippen LogP contribution in [0.3, 0.4) is 0 Å². The van der Waals surface area contributed by atoms with E-state index in [1.54, 1.807) is 12.1 Å². The second-order valence-electron chi connectivity index (χ2n) is 8.53. The van der Waals surface area contributed by atoms with E-state index in [9.17, 15) is 8.42 Å². The maximum absolute atomic E-state index is 15.2. The Bertz CT molecular complexity index is 1690. The van der Waals surface area contributed by atoms with Crippen molar-refractivity contribution in [3.63, 3.8) is 0 Å². The lowest BCUT2D eigenvalue weighted by atomic mass is 10.1. The van der Waals surface area contributed by atoms with Crippen LogP contribution in [0.1, 0.15) is 31.7 Å². The molecule has 5 aromatic rings. The van der Waals surface area contributed by atoms with Crippen molar-refractivity contribution in [2.24, 2.45) is 0 Å². The number of anilines is 2. The molecule has 10 nitrogen and oxygen atoms in total. The Balaban J connectivity index is 1.39. The largest absolute Gasteiger partial charge is 0.383 e. The molecule has 3 aromatic heterocycles. The summed E-state index contributed by atoms with van der Waals surface area (Å²) in [6.07, 6.45) is 7.72. The monoisotopic (exact) mass is 493 g/mol. The third kappa shape index (κ3) is 3.57. The molecule has 35 heavy (non-hydrogen) atoms. The number of nitrogens with two attached hydrogens (primary N) is 1. The maximum atomic E-state index is 15.2. The Kier molecular flexibility index (Phi) is 4.92. The molecule has 1 aliphatic rings. The summed E-state index contributed by atoms with van der Waals surface area (Å²) in [6.45, 7) is 0. The zero-order valence-electron chi connectivity index (χ0n) is 18.3. The van der Waals surface area contributed by atoms with Gasteiger partial charge in [0.15, 0.2) is 5.52 Å². The van der Waals surface area contributed by atoms with E-state index in [0.29, 0.717) is 34.0 Å². The number of nitrogens with one attached hydrogen (secondary N) is 1. The minimum atomic E-state index is -4.15. The fourth-order valence-corrected chi connectivity index (χ4v) is 5.97. The fraction of sp³-hybridized carbons (Fsp3) is 0.217. The van der Waals surface area contributed by atoms with Crippen LogP contribution in [0.25, 0.3) is 33.2 Å². The van der Waals surface area contributed by atoms with Crippen molar-refractivity contribution in [3.05, 3.63) is 54.7 Å². The standard InChI is InChI=1S/C23H20FN7O3S/c24-16-10-13(15-11-31(14-4-1-2-5-14)23-20(15)22(25)26-12-27-23)8-9-17(16)30-35(32,33)19-7-3-6-18-21(19)29-34-28-18/h3,6-12,14,30H,1-2,4-5H2,(H2,25,26,27). The van der Waals surface area contributed by atoms with Crippen LogP contribution >= 0.6 is 0 Å². The molecule has 1 saturated carbocycles. The zero-order chi connectivity index (χ0) is 24.2. The lowest BCUT2D eigenvalue weighted by molar-refractivity contribution is 0.315. The minimum absolute atomic E-state index is 0.0622. The van der Waals surface area contributed by atoms with Crippen molar-refractivity contribution in [2.45, 2.75) is 36.6 Å². The number of halogens is 1. The molecule has 178 valence electrons. The predicted molar refractivity (Wildman–Crippen MR) is 127 cm³/mol. The van der Waals surface area contributed by atoms with Crippen LogP contribution in [0.5, 0.6) is 0 Å². The van der Waals surface area contributed by atoms with Gasteiger partial charge in [-0.2, -0.15) is 0 Å². The number of sulfonamides is 1. The van der Waals surface area contributed by atoms with Gasteiger partial charge in [0.1, 0.15) is 34.0 Å². The minimum Gasteiger partial charge on any atom is -0.383 e. The van der Waals surface area contributed by atoms with Crippen LogP contribution in [0.4, 0.5) is 15.9 Å². The van der Waals surface area contributed by atoms with Gasteiger partial charge in [-0.25, -0.2) is 27.4 Å². The van der Waals surface area contributed by atoms with Gasteiger partial charge in [-0.15, -0.1) is 0 Å². The molecule has 0 amide bonds. The second-order valence-corrected chi connectivity index (χ2v) is 10.2. The first-order chi connectivity index (χ1) is 16.9. The lowest BCUT2D eigenvalue weighted by Crippen LogP contribution is -2.14. The van der Waals surface area contributed by atoms with E-state index in [-0.39, 0.29) is 21.6 Å². The number of fused-ring (bicyclic) bond motifs is 2. The average Bonchev–Trinajstić information content (AvgIpc) is 3.59. The summed E-state index contributed by atoms with van der Waals surface area (Å²) in [5.41, 5.74) is 8.27. The van der Waals surface area contributed by atoms with Crippen LogP contribution in [0.15, 0.2) is 58.4 Å². The van der Waals surface area contributed by atoms with E-state index < -0.39 is 15.8 Å². The van der Waals surface area contributed by atoms with Gasteiger partial charge in [0.05, 0.1) is 11.1 Å². The number of rotatable bonds is 5. The molecule has 0 aliphatic heterocycles. The van der Waals surface area contributed by atoms with Gasteiger partial charge in [0.25, 0.3) is 10.0 Å². The van der Waals surface area contributed by atoms with Crippen molar-refractivity contribution in [2.75, 3.05) is 10.5 Å². The summed E-state index contributed by atoms with van der Waals surface area (Å²) in [6, 6.07) is 9.01. The molecule has 0 bridgehead atoms. The lowest BCUT2D eigenvalue weighted by Gasteiger charge is -2.12. The zero-order valence-corrected chi connectivity index (χ0v) is 19.2. The SMILES string of the molecule is Nc1ncnc2c1c(-c1ccc(NS(=O)(=O)c3cccc4nonc34)c(F)c1)cn2C1CCCC1. The highest BCUT2D eigenvalue weighted by atomic mass is 32.2. The molecule has 1 fully saturated rings. The van der Waals surface area contributed by atoms with E-state index in [1.807, 2.05) is 6.20 Å². The number of benzene rings is 2. The van der Waals surface area contributed by atoms with Gasteiger partial charge >= 0.3 is 0 Å². The van der Waals surface area contributed by atoms with E-state index >= 15 is 4.39 Å². The molecular formula is C23H20FN7O3S. The molecule has 3 N–H and O–H groups in total. The normalized spacial score (nSPS) is 14.8. The molecule has 6 rings (SSSR count). The maximum Gasteiger partial charge on any atom is 0.264 e. The summed E-state index contributed by atoms with van der Waals surface area (Å²) in [5, 5.41) is 7.95. The van der Waals surface area contributed by atoms with Crippen LogP contribution in [0.2, 0.25) is 0 Å². The smallest absolute Gasteiger partial charge is 0.264 e. The van der Waals surface area contributed by atoms with E-state index in [4.69, 9.17) is 5.73 Å². The van der Waals surface area contributed by atoms with Crippen LogP contribution < -0.4 is 10.5 Å². The second kappa shape index (κ2) is 8.01. The van der Waals surface area contributed by atoms with Crippen LogP contribution in [0, 0.1) is 5.82 Å². The Labute approximate surface area is 199 Å². The molecule has 0 unspecified atom stereocenters. The number of hydrogen-bond acceptors (Lipinski definition) is 8. The first kappa shape index (κ1) is 21.5. The Morgan fingerprint density at radius 3 is 2.74 bits per heavy atom. The quantitative estimate of drug-likeness (QED) is 0.370. The van der Waals surface area contributed by atoms with Crippen molar-refractivity contribution in [1.29, 1.82) is 0 Å². The first-order valence-corrected chi connectivity index (χ1v) is 12.6. The topological polar surface area (TPSA) is 142 Å². The summed E-state index contributed by atoms with van der Waals surface area (Å²) in [5.74, 6) is -0.435. The number of aromatic nitrogens is 5. The highest BCUT2D eigenvalue weighted by molar-refractivity contribution is 7.93. The highest BCUT2D eigenvalue weighted by Gasteiger charge is 2.25. The molecule has 0 spiro atoms. The Morgan fingerprint density at radius 1 is 1.11 bits per heavy atom. The van der Waals surface area contributed by atoms with E-state index in [1.165, 1.54) is 30.6 Å². The van der Waals surface area contributed by atoms with Crippen LogP contribution in [-0.2, 0) is 10.0 Å². The molecule has 1 aliphatic carbocycles. The van der Waals surface area contributed by atoms with Crippen molar-refractivity contribution in [1.82, 2.24) is 24.8 Å². The number of hydrogen-bond donors (Lipinski definition) is 2. The first-order valence-electron chi connectivity index (χ1n) is 11.1. The highest BCUT2D eigenvalue weighted by Crippen LogP contribution is 2.39. The summed E-state index contributed by atoms with van der Waals surface area (Å²) in [4.78, 5) is 8.41. The third-order valence-electron chi connectivity index (χ3n) is 6.42. The fourth-order valence-electron chi connectivity index (χ4n) is 4.75. The molecule has 0 saturated heterocycles. The van der Waals surface area contributed by atoms with Crippen LogP contribution in [-0.4, -0.2) is 33.3 Å². The van der Waals surface area contributed by atoms with Gasteiger partial charge in [-0.05, 0) is 53.0 Å². The van der Waals surface area contributed by atoms with Gasteiger partial charge < -0.3 is 10.3 Å². The third-order valence-corrected chi connectivity index (χ3v) is 7.82. The van der Waals surface area contributed by atoms with Gasteiger partial charge in [0.2, 0.25) is 0 Å². The summed E-state index contributed by atoms with van der Waals surface area (Å²) in [7, 11) is -4.15. The Hall–Kier alpha value is -4.06. The average molecular weight is 494 g/mol. The van der Waals surface area contributed by atoms with E-state index in [0.717, 1.165) is 25.7 Å². The molecule has 0 radical (unpaired) electrons. The molecule has 12 heteroatoms. The molecule has 2 aromatic carbocycles. The van der Waals surface area contributed by atoms with Crippen molar-refractivity contribution < 1.29 is 17.4 Å². The molecular weight excluding hydrogens is 473 g/mol.